The molecule has 0 radical (unpaired) electrons. The average molecular weight is 347 g/mol. The van der Waals surface area contributed by atoms with E-state index in [1.54, 1.807) is 0 Å². The van der Waals surface area contributed by atoms with Crippen LogP contribution in [0, 0.1) is 5.92 Å². The van der Waals surface area contributed by atoms with Gasteiger partial charge >= 0.3 is 5.97 Å². The lowest BCUT2D eigenvalue weighted by Gasteiger charge is -2.35. The summed E-state index contributed by atoms with van der Waals surface area (Å²) in [5.74, 6) is 0.477. The standard InChI is InChI=1S/C19H29N3O3/c23-19(24)14-25-18-3-1-17(2-4-18)22-11-7-16(8-12-22)21-13-15-5-9-20-10-6-15/h1-4,15-16,20-21H,5-14H2,(H,23,24). The molecule has 6 heteroatoms. The van der Waals surface area contributed by atoms with Gasteiger partial charge in [-0.25, -0.2) is 4.79 Å². The second-order valence-electron chi connectivity index (χ2n) is 7.04. The Hall–Kier alpha value is -1.79. The Labute approximate surface area is 149 Å². The number of piperidine rings is 2. The minimum atomic E-state index is -0.955. The third-order valence-corrected chi connectivity index (χ3v) is 5.21. The fourth-order valence-electron chi connectivity index (χ4n) is 3.66. The van der Waals surface area contributed by atoms with Crippen molar-refractivity contribution in [3.8, 4) is 5.75 Å². The SMILES string of the molecule is O=C(O)COc1ccc(N2CCC(NCC3CCNCC3)CC2)cc1. The summed E-state index contributed by atoms with van der Waals surface area (Å²) in [4.78, 5) is 12.9. The first kappa shape index (κ1) is 18.0. The molecule has 2 saturated heterocycles. The largest absolute Gasteiger partial charge is 0.482 e. The number of benzene rings is 1. The lowest BCUT2D eigenvalue weighted by Crippen LogP contribution is -2.45. The van der Waals surface area contributed by atoms with Gasteiger partial charge in [0.2, 0.25) is 0 Å². The lowest BCUT2D eigenvalue weighted by atomic mass is 9.96. The first-order chi connectivity index (χ1) is 12.2. The molecular formula is C19H29N3O3. The highest BCUT2D eigenvalue weighted by molar-refractivity contribution is 5.68. The predicted octanol–water partition coefficient (Wildman–Crippen LogP) is 1.71. The van der Waals surface area contributed by atoms with Crippen molar-refractivity contribution in [1.29, 1.82) is 0 Å². The molecule has 0 unspecified atom stereocenters. The van der Waals surface area contributed by atoms with Crippen molar-refractivity contribution in [2.45, 2.75) is 31.7 Å². The van der Waals surface area contributed by atoms with Gasteiger partial charge in [-0.15, -0.1) is 0 Å². The second kappa shape index (κ2) is 9.06. The van der Waals surface area contributed by atoms with Crippen LogP contribution in [0.1, 0.15) is 25.7 Å². The quantitative estimate of drug-likeness (QED) is 0.697. The fraction of sp³-hybridized carbons (Fsp3) is 0.632. The van der Waals surface area contributed by atoms with Crippen molar-refractivity contribution in [1.82, 2.24) is 10.6 Å². The number of ether oxygens (including phenoxy) is 1. The van der Waals surface area contributed by atoms with Crippen LogP contribution in [-0.2, 0) is 4.79 Å². The Morgan fingerprint density at radius 2 is 1.84 bits per heavy atom. The summed E-state index contributed by atoms with van der Waals surface area (Å²) in [6.07, 6.45) is 4.93. The van der Waals surface area contributed by atoms with Gasteiger partial charge in [0, 0.05) is 24.8 Å². The van der Waals surface area contributed by atoms with Crippen LogP contribution in [0.2, 0.25) is 0 Å². The van der Waals surface area contributed by atoms with E-state index in [9.17, 15) is 4.79 Å². The molecule has 138 valence electrons. The summed E-state index contributed by atoms with van der Waals surface area (Å²) in [5, 5.41) is 15.8. The van der Waals surface area contributed by atoms with Crippen LogP contribution in [0.4, 0.5) is 5.69 Å². The second-order valence-corrected chi connectivity index (χ2v) is 7.04. The molecule has 2 aliphatic rings. The molecule has 0 saturated carbocycles. The first-order valence-corrected chi connectivity index (χ1v) is 9.34. The molecule has 0 aromatic heterocycles. The molecule has 2 fully saturated rings. The molecule has 2 aliphatic heterocycles. The number of aliphatic carboxylic acids is 1. The van der Waals surface area contributed by atoms with Gasteiger partial charge in [-0.05, 0) is 75.5 Å². The van der Waals surface area contributed by atoms with E-state index in [1.165, 1.54) is 31.4 Å². The number of nitrogens with zero attached hydrogens (tertiary/aromatic N) is 1. The molecule has 1 aromatic rings. The topological polar surface area (TPSA) is 73.8 Å². The minimum Gasteiger partial charge on any atom is -0.482 e. The van der Waals surface area contributed by atoms with Gasteiger partial charge in [0.1, 0.15) is 5.75 Å². The molecule has 2 heterocycles. The van der Waals surface area contributed by atoms with E-state index in [1.807, 2.05) is 24.3 Å². The van der Waals surface area contributed by atoms with E-state index >= 15 is 0 Å². The number of carbonyl (C=O) groups is 1. The van der Waals surface area contributed by atoms with Gasteiger partial charge in [-0.1, -0.05) is 0 Å². The Morgan fingerprint density at radius 3 is 2.48 bits per heavy atom. The lowest BCUT2D eigenvalue weighted by molar-refractivity contribution is -0.139. The zero-order chi connectivity index (χ0) is 17.5. The number of anilines is 1. The highest BCUT2D eigenvalue weighted by Crippen LogP contribution is 2.23. The summed E-state index contributed by atoms with van der Waals surface area (Å²) < 4.78 is 5.18. The molecule has 6 nitrogen and oxygen atoms in total. The van der Waals surface area contributed by atoms with Crippen molar-refractivity contribution in [2.24, 2.45) is 5.92 Å². The number of hydrogen-bond donors (Lipinski definition) is 3. The summed E-state index contributed by atoms with van der Waals surface area (Å²) >= 11 is 0. The van der Waals surface area contributed by atoms with Crippen LogP contribution in [0.15, 0.2) is 24.3 Å². The Kier molecular flexibility index (Phi) is 6.53. The minimum absolute atomic E-state index is 0.298. The van der Waals surface area contributed by atoms with Crippen molar-refractivity contribution in [3.05, 3.63) is 24.3 Å². The maximum absolute atomic E-state index is 10.5. The Balaban J connectivity index is 1.40. The summed E-state index contributed by atoms with van der Waals surface area (Å²) in [7, 11) is 0. The number of rotatable bonds is 7. The van der Waals surface area contributed by atoms with E-state index in [4.69, 9.17) is 9.84 Å². The van der Waals surface area contributed by atoms with Gasteiger partial charge < -0.3 is 25.4 Å². The molecule has 0 atom stereocenters. The van der Waals surface area contributed by atoms with Gasteiger partial charge in [0.25, 0.3) is 0 Å². The summed E-state index contributed by atoms with van der Waals surface area (Å²) in [5.41, 5.74) is 1.18. The normalized spacial score (nSPS) is 19.8. The average Bonchev–Trinajstić information content (AvgIpc) is 2.66. The van der Waals surface area contributed by atoms with Crippen molar-refractivity contribution in [3.63, 3.8) is 0 Å². The van der Waals surface area contributed by atoms with E-state index in [0.29, 0.717) is 11.8 Å². The molecule has 0 bridgehead atoms. The smallest absolute Gasteiger partial charge is 0.341 e. The number of carboxylic acid groups (broad SMARTS) is 1. The number of carboxylic acids is 1. The first-order valence-electron chi connectivity index (χ1n) is 9.34. The van der Waals surface area contributed by atoms with Crippen LogP contribution in [0.5, 0.6) is 5.75 Å². The molecule has 3 N–H and O–H groups in total. The van der Waals surface area contributed by atoms with E-state index in [0.717, 1.165) is 38.6 Å². The van der Waals surface area contributed by atoms with Crippen LogP contribution < -0.4 is 20.3 Å². The fourth-order valence-corrected chi connectivity index (χ4v) is 3.66. The van der Waals surface area contributed by atoms with Crippen LogP contribution in [0.25, 0.3) is 0 Å². The zero-order valence-electron chi connectivity index (χ0n) is 14.7. The van der Waals surface area contributed by atoms with Crippen molar-refractivity contribution in [2.75, 3.05) is 44.2 Å². The van der Waals surface area contributed by atoms with Gasteiger partial charge in [-0.2, -0.15) is 0 Å². The van der Waals surface area contributed by atoms with Crippen LogP contribution in [-0.4, -0.2) is 56.4 Å². The maximum atomic E-state index is 10.5. The van der Waals surface area contributed by atoms with Gasteiger partial charge in [-0.3, -0.25) is 0 Å². The van der Waals surface area contributed by atoms with Gasteiger partial charge in [0.15, 0.2) is 6.61 Å². The monoisotopic (exact) mass is 347 g/mol. The number of hydrogen-bond acceptors (Lipinski definition) is 5. The van der Waals surface area contributed by atoms with Crippen molar-refractivity contribution < 1.29 is 14.6 Å². The molecule has 25 heavy (non-hydrogen) atoms. The zero-order valence-corrected chi connectivity index (χ0v) is 14.7. The van der Waals surface area contributed by atoms with E-state index < -0.39 is 5.97 Å². The number of nitrogens with one attached hydrogen (secondary N) is 2. The molecule has 0 spiro atoms. The molecule has 0 aliphatic carbocycles. The third-order valence-electron chi connectivity index (χ3n) is 5.21. The maximum Gasteiger partial charge on any atom is 0.341 e. The van der Waals surface area contributed by atoms with E-state index in [2.05, 4.69) is 15.5 Å². The summed E-state index contributed by atoms with van der Waals surface area (Å²) in [6.45, 7) is 5.29. The highest BCUT2D eigenvalue weighted by Gasteiger charge is 2.21. The third kappa shape index (κ3) is 5.61. The van der Waals surface area contributed by atoms with Crippen LogP contribution in [0.3, 0.4) is 0 Å². The molecule has 3 rings (SSSR count). The van der Waals surface area contributed by atoms with Crippen LogP contribution >= 0.6 is 0 Å². The Bertz CT molecular complexity index is 535. The predicted molar refractivity (Wildman–Crippen MR) is 98.4 cm³/mol. The molecular weight excluding hydrogens is 318 g/mol. The Morgan fingerprint density at radius 1 is 1.16 bits per heavy atom. The highest BCUT2D eigenvalue weighted by atomic mass is 16.5. The van der Waals surface area contributed by atoms with Gasteiger partial charge in [0.05, 0.1) is 0 Å². The molecule has 0 amide bonds. The van der Waals surface area contributed by atoms with Crippen molar-refractivity contribution >= 4 is 11.7 Å². The summed E-state index contributed by atoms with van der Waals surface area (Å²) in [6, 6.07) is 8.35. The van der Waals surface area contributed by atoms with E-state index in [-0.39, 0.29) is 6.61 Å². The molecule has 1 aromatic carbocycles.